The van der Waals surface area contributed by atoms with Crippen molar-refractivity contribution >= 4 is 17.7 Å². The highest BCUT2D eigenvalue weighted by molar-refractivity contribution is 5.92. The van der Waals surface area contributed by atoms with Crippen LogP contribution in [-0.2, 0) is 4.79 Å². The molecule has 0 aliphatic heterocycles. The van der Waals surface area contributed by atoms with Crippen LogP contribution in [-0.4, -0.2) is 23.1 Å². The van der Waals surface area contributed by atoms with Crippen molar-refractivity contribution in [3.63, 3.8) is 0 Å². The maximum absolute atomic E-state index is 11.7. The molecule has 18 heavy (non-hydrogen) atoms. The molecule has 1 atom stereocenters. The Hall–Kier alpha value is -2.04. The van der Waals surface area contributed by atoms with E-state index in [1.807, 2.05) is 32.0 Å². The number of aliphatic carboxylic acids is 1. The van der Waals surface area contributed by atoms with Crippen molar-refractivity contribution in [2.24, 2.45) is 0 Å². The van der Waals surface area contributed by atoms with Crippen LogP contribution in [0, 0.1) is 13.8 Å². The minimum absolute atomic E-state index is 0.343. The van der Waals surface area contributed by atoms with Gasteiger partial charge in [0.1, 0.15) is 6.04 Å². The van der Waals surface area contributed by atoms with E-state index in [0.717, 1.165) is 11.1 Å². The van der Waals surface area contributed by atoms with Crippen molar-refractivity contribution < 1.29 is 14.7 Å². The molecule has 0 spiro atoms. The Morgan fingerprint density at radius 2 is 2.00 bits per heavy atom. The number of rotatable bonds is 4. The average molecular weight is 250 g/mol. The molecule has 0 bridgehead atoms. The number of hydrogen-bond acceptors (Lipinski definition) is 2. The molecular formula is C13H18N2O3. The van der Waals surface area contributed by atoms with E-state index in [1.165, 1.54) is 0 Å². The van der Waals surface area contributed by atoms with Crippen LogP contribution >= 0.6 is 0 Å². The molecule has 98 valence electrons. The second kappa shape index (κ2) is 6.05. The highest BCUT2D eigenvalue weighted by Gasteiger charge is 2.17. The van der Waals surface area contributed by atoms with Crippen molar-refractivity contribution in [2.75, 3.05) is 5.32 Å². The molecule has 0 radical (unpaired) electrons. The van der Waals surface area contributed by atoms with Gasteiger partial charge in [0.25, 0.3) is 0 Å². The Balaban J connectivity index is 2.70. The number of carbonyl (C=O) groups is 2. The monoisotopic (exact) mass is 250 g/mol. The highest BCUT2D eigenvalue weighted by atomic mass is 16.4. The number of nitrogens with one attached hydrogen (secondary N) is 2. The van der Waals surface area contributed by atoms with E-state index >= 15 is 0 Å². The number of carboxylic acids is 1. The predicted molar refractivity (Wildman–Crippen MR) is 69.8 cm³/mol. The topological polar surface area (TPSA) is 78.4 Å². The van der Waals surface area contributed by atoms with Gasteiger partial charge in [0, 0.05) is 5.69 Å². The molecule has 1 aromatic rings. The van der Waals surface area contributed by atoms with E-state index in [0.29, 0.717) is 12.1 Å². The fourth-order valence-corrected chi connectivity index (χ4v) is 1.53. The lowest BCUT2D eigenvalue weighted by Crippen LogP contribution is -2.42. The number of hydrogen-bond donors (Lipinski definition) is 3. The van der Waals surface area contributed by atoms with Gasteiger partial charge < -0.3 is 15.7 Å². The van der Waals surface area contributed by atoms with Gasteiger partial charge >= 0.3 is 12.0 Å². The van der Waals surface area contributed by atoms with E-state index in [2.05, 4.69) is 10.6 Å². The standard InChI is InChI=1S/C13H18N2O3/c1-4-10(12(16)17)14-13(18)15-11-7-8(2)5-6-9(11)3/h5-7,10H,4H2,1-3H3,(H,16,17)(H2,14,15,18)/t10-/m0/s1. The number of carbonyl (C=O) groups excluding carboxylic acids is 1. The number of amides is 2. The van der Waals surface area contributed by atoms with Crippen LogP contribution in [0.5, 0.6) is 0 Å². The van der Waals surface area contributed by atoms with E-state index in [1.54, 1.807) is 6.92 Å². The molecule has 0 saturated heterocycles. The summed E-state index contributed by atoms with van der Waals surface area (Å²) in [7, 11) is 0. The molecule has 0 aliphatic carbocycles. The highest BCUT2D eigenvalue weighted by Crippen LogP contribution is 2.16. The summed E-state index contributed by atoms with van der Waals surface area (Å²) >= 11 is 0. The number of carboxylic acid groups (broad SMARTS) is 1. The van der Waals surface area contributed by atoms with E-state index < -0.39 is 18.0 Å². The first-order chi connectivity index (χ1) is 8.43. The minimum atomic E-state index is -1.03. The summed E-state index contributed by atoms with van der Waals surface area (Å²) < 4.78 is 0. The number of aryl methyl sites for hydroxylation is 2. The molecular weight excluding hydrogens is 232 g/mol. The van der Waals surface area contributed by atoms with Crippen LogP contribution in [0.15, 0.2) is 18.2 Å². The summed E-state index contributed by atoms with van der Waals surface area (Å²) in [5, 5.41) is 13.9. The summed E-state index contributed by atoms with van der Waals surface area (Å²) in [6, 6.07) is 4.33. The first-order valence-electron chi connectivity index (χ1n) is 5.81. The fraction of sp³-hybridized carbons (Fsp3) is 0.385. The second-order valence-electron chi connectivity index (χ2n) is 4.22. The molecule has 0 heterocycles. The van der Waals surface area contributed by atoms with Crippen molar-refractivity contribution in [1.29, 1.82) is 0 Å². The van der Waals surface area contributed by atoms with Crippen LogP contribution in [0.4, 0.5) is 10.5 Å². The third-order valence-electron chi connectivity index (χ3n) is 2.65. The second-order valence-corrected chi connectivity index (χ2v) is 4.22. The average Bonchev–Trinajstić information content (AvgIpc) is 2.30. The summed E-state index contributed by atoms with van der Waals surface area (Å²) in [6.07, 6.45) is 0.343. The lowest BCUT2D eigenvalue weighted by atomic mass is 10.1. The van der Waals surface area contributed by atoms with E-state index in [4.69, 9.17) is 5.11 Å². The van der Waals surface area contributed by atoms with Gasteiger partial charge in [-0.15, -0.1) is 0 Å². The third kappa shape index (κ3) is 3.76. The predicted octanol–water partition coefficient (Wildman–Crippen LogP) is 2.29. The summed E-state index contributed by atoms with van der Waals surface area (Å²) in [5.74, 6) is -1.03. The molecule has 0 aromatic heterocycles. The Kier molecular flexibility index (Phi) is 4.71. The molecule has 0 fully saturated rings. The zero-order valence-corrected chi connectivity index (χ0v) is 10.8. The molecule has 0 aliphatic rings. The van der Waals surface area contributed by atoms with Crippen LogP contribution < -0.4 is 10.6 Å². The molecule has 5 heteroatoms. The molecule has 3 N–H and O–H groups in total. The molecule has 2 amide bonds. The van der Waals surface area contributed by atoms with E-state index in [-0.39, 0.29) is 0 Å². The zero-order chi connectivity index (χ0) is 13.7. The van der Waals surface area contributed by atoms with Gasteiger partial charge in [-0.05, 0) is 37.5 Å². The fourth-order valence-electron chi connectivity index (χ4n) is 1.53. The van der Waals surface area contributed by atoms with Gasteiger partial charge in [0.2, 0.25) is 0 Å². The maximum atomic E-state index is 11.7. The number of anilines is 1. The van der Waals surface area contributed by atoms with Crippen LogP contribution in [0.1, 0.15) is 24.5 Å². The summed E-state index contributed by atoms with van der Waals surface area (Å²) in [5.41, 5.74) is 2.65. The smallest absolute Gasteiger partial charge is 0.326 e. The molecule has 0 saturated carbocycles. The van der Waals surface area contributed by atoms with Gasteiger partial charge in [-0.25, -0.2) is 9.59 Å². The maximum Gasteiger partial charge on any atom is 0.326 e. The Morgan fingerprint density at radius 1 is 1.33 bits per heavy atom. The van der Waals surface area contributed by atoms with E-state index in [9.17, 15) is 9.59 Å². The van der Waals surface area contributed by atoms with Crippen molar-refractivity contribution in [3.8, 4) is 0 Å². The lowest BCUT2D eigenvalue weighted by Gasteiger charge is -2.14. The quantitative estimate of drug-likeness (QED) is 0.767. The van der Waals surface area contributed by atoms with Gasteiger partial charge in [-0.2, -0.15) is 0 Å². The Labute approximate surface area is 106 Å². The first-order valence-corrected chi connectivity index (χ1v) is 5.81. The van der Waals surface area contributed by atoms with Crippen LogP contribution in [0.3, 0.4) is 0 Å². The molecule has 0 unspecified atom stereocenters. The summed E-state index contributed by atoms with van der Waals surface area (Å²) in [6.45, 7) is 5.51. The van der Waals surface area contributed by atoms with Gasteiger partial charge in [-0.3, -0.25) is 0 Å². The lowest BCUT2D eigenvalue weighted by molar-refractivity contribution is -0.139. The number of benzene rings is 1. The van der Waals surface area contributed by atoms with Crippen LogP contribution in [0.25, 0.3) is 0 Å². The van der Waals surface area contributed by atoms with Gasteiger partial charge in [0.05, 0.1) is 0 Å². The van der Waals surface area contributed by atoms with Crippen LogP contribution in [0.2, 0.25) is 0 Å². The molecule has 5 nitrogen and oxygen atoms in total. The Bertz CT molecular complexity index is 458. The van der Waals surface area contributed by atoms with Gasteiger partial charge in [0.15, 0.2) is 0 Å². The van der Waals surface area contributed by atoms with Crippen molar-refractivity contribution in [2.45, 2.75) is 33.2 Å². The van der Waals surface area contributed by atoms with Gasteiger partial charge in [-0.1, -0.05) is 19.1 Å². The normalized spacial score (nSPS) is 11.7. The molecule has 1 rings (SSSR count). The SMILES string of the molecule is CC[C@H](NC(=O)Nc1cc(C)ccc1C)C(=O)O. The number of urea groups is 1. The van der Waals surface area contributed by atoms with Crippen molar-refractivity contribution in [3.05, 3.63) is 29.3 Å². The zero-order valence-electron chi connectivity index (χ0n) is 10.8. The largest absolute Gasteiger partial charge is 0.480 e. The minimum Gasteiger partial charge on any atom is -0.480 e. The molecule has 1 aromatic carbocycles. The summed E-state index contributed by atoms with van der Waals surface area (Å²) in [4.78, 5) is 22.5. The first kappa shape index (κ1) is 14.0. The third-order valence-corrected chi connectivity index (χ3v) is 2.65. The van der Waals surface area contributed by atoms with Crippen molar-refractivity contribution in [1.82, 2.24) is 5.32 Å². The Morgan fingerprint density at radius 3 is 2.56 bits per heavy atom.